The van der Waals surface area contributed by atoms with E-state index in [-0.39, 0.29) is 23.3 Å². The average Bonchev–Trinajstić information content (AvgIpc) is 2.27. The maximum Gasteiger partial charge on any atom is 0.272 e. The van der Waals surface area contributed by atoms with E-state index < -0.39 is 0 Å². The summed E-state index contributed by atoms with van der Waals surface area (Å²) in [4.78, 5) is 10.3. The van der Waals surface area contributed by atoms with Crippen molar-refractivity contribution < 1.29 is 10.0 Å². The number of anilines is 1. The molecule has 0 bridgehead atoms. The van der Waals surface area contributed by atoms with Crippen molar-refractivity contribution in [3.63, 3.8) is 0 Å². The standard InChI is InChI=1S/C13H20N2O3/c1-9(2)12(6-7-16)14-11-4-5-13(15(17)18)10(3)8-11/h4-5,8-9,12,14,16H,6-7H2,1-3H3. The Kier molecular flexibility index (Phi) is 5.09. The Hall–Kier alpha value is -1.62. The monoisotopic (exact) mass is 252 g/mol. The van der Waals surface area contributed by atoms with E-state index in [2.05, 4.69) is 19.2 Å². The minimum Gasteiger partial charge on any atom is -0.396 e. The summed E-state index contributed by atoms with van der Waals surface area (Å²) in [6, 6.07) is 5.15. The van der Waals surface area contributed by atoms with Gasteiger partial charge in [0.15, 0.2) is 0 Å². The molecule has 0 aliphatic heterocycles. The van der Waals surface area contributed by atoms with Gasteiger partial charge in [0.25, 0.3) is 5.69 Å². The molecule has 1 rings (SSSR count). The number of aryl methyl sites for hydroxylation is 1. The largest absolute Gasteiger partial charge is 0.396 e. The minimum atomic E-state index is -0.382. The van der Waals surface area contributed by atoms with Crippen LogP contribution in [0.3, 0.4) is 0 Å². The van der Waals surface area contributed by atoms with E-state index in [1.807, 2.05) is 0 Å². The van der Waals surface area contributed by atoms with Gasteiger partial charge in [-0.25, -0.2) is 0 Å². The third-order valence-corrected chi connectivity index (χ3v) is 2.99. The Morgan fingerprint density at radius 3 is 2.56 bits per heavy atom. The molecule has 1 atom stereocenters. The first-order valence-corrected chi connectivity index (χ1v) is 6.08. The molecular weight excluding hydrogens is 232 g/mol. The zero-order valence-electron chi connectivity index (χ0n) is 11.0. The van der Waals surface area contributed by atoms with E-state index >= 15 is 0 Å². The number of nitrogens with one attached hydrogen (secondary N) is 1. The molecule has 5 heteroatoms. The fourth-order valence-corrected chi connectivity index (χ4v) is 1.88. The van der Waals surface area contributed by atoms with Gasteiger partial charge in [0.2, 0.25) is 0 Å². The van der Waals surface area contributed by atoms with Gasteiger partial charge in [-0.1, -0.05) is 13.8 Å². The number of hydrogen-bond donors (Lipinski definition) is 2. The topological polar surface area (TPSA) is 75.4 Å². The van der Waals surface area contributed by atoms with Gasteiger partial charge in [0.05, 0.1) is 4.92 Å². The van der Waals surface area contributed by atoms with Gasteiger partial charge in [-0.2, -0.15) is 0 Å². The van der Waals surface area contributed by atoms with Crippen LogP contribution in [0.4, 0.5) is 11.4 Å². The zero-order valence-corrected chi connectivity index (χ0v) is 11.0. The van der Waals surface area contributed by atoms with Crippen LogP contribution in [0.25, 0.3) is 0 Å². The van der Waals surface area contributed by atoms with Crippen LogP contribution < -0.4 is 5.32 Å². The quantitative estimate of drug-likeness (QED) is 0.603. The summed E-state index contributed by atoms with van der Waals surface area (Å²) in [5.41, 5.74) is 1.62. The van der Waals surface area contributed by atoms with Crippen LogP contribution in [0, 0.1) is 23.0 Å². The molecule has 0 saturated heterocycles. The van der Waals surface area contributed by atoms with Gasteiger partial charge in [-0.05, 0) is 31.4 Å². The first kappa shape index (κ1) is 14.4. The van der Waals surface area contributed by atoms with E-state index in [0.29, 0.717) is 17.9 Å². The van der Waals surface area contributed by atoms with Crippen molar-refractivity contribution in [2.45, 2.75) is 33.2 Å². The van der Waals surface area contributed by atoms with Crippen LogP contribution in [-0.2, 0) is 0 Å². The highest BCUT2D eigenvalue weighted by atomic mass is 16.6. The molecule has 0 fully saturated rings. The molecule has 0 saturated carbocycles. The van der Waals surface area contributed by atoms with Gasteiger partial charge in [-0.3, -0.25) is 10.1 Å². The smallest absolute Gasteiger partial charge is 0.272 e. The van der Waals surface area contributed by atoms with E-state index in [4.69, 9.17) is 5.11 Å². The number of aliphatic hydroxyl groups is 1. The molecule has 0 aliphatic carbocycles. The number of rotatable bonds is 6. The van der Waals surface area contributed by atoms with Gasteiger partial charge in [0.1, 0.15) is 0 Å². The molecule has 1 unspecified atom stereocenters. The van der Waals surface area contributed by atoms with Crippen LogP contribution in [0.2, 0.25) is 0 Å². The van der Waals surface area contributed by atoms with Crippen molar-refractivity contribution in [1.29, 1.82) is 0 Å². The van der Waals surface area contributed by atoms with Gasteiger partial charge < -0.3 is 10.4 Å². The third kappa shape index (κ3) is 3.70. The lowest BCUT2D eigenvalue weighted by Gasteiger charge is -2.22. The summed E-state index contributed by atoms with van der Waals surface area (Å²) < 4.78 is 0. The number of benzene rings is 1. The number of hydrogen-bond acceptors (Lipinski definition) is 4. The molecule has 5 nitrogen and oxygen atoms in total. The minimum absolute atomic E-state index is 0.127. The van der Waals surface area contributed by atoms with E-state index in [1.165, 1.54) is 6.07 Å². The predicted octanol–water partition coefficient (Wildman–Crippen LogP) is 2.72. The predicted molar refractivity (Wildman–Crippen MR) is 71.8 cm³/mol. The Balaban J connectivity index is 2.84. The van der Waals surface area contributed by atoms with Crippen molar-refractivity contribution in [2.24, 2.45) is 5.92 Å². The third-order valence-electron chi connectivity index (χ3n) is 2.99. The molecule has 1 aromatic carbocycles. The summed E-state index contributed by atoms with van der Waals surface area (Å²) in [6.45, 7) is 6.00. The highest BCUT2D eigenvalue weighted by Gasteiger charge is 2.15. The number of nitro benzene ring substituents is 1. The molecule has 0 aromatic heterocycles. The van der Waals surface area contributed by atoms with Crippen molar-refractivity contribution >= 4 is 11.4 Å². The van der Waals surface area contributed by atoms with Gasteiger partial charge in [-0.15, -0.1) is 0 Å². The molecular formula is C13H20N2O3. The highest BCUT2D eigenvalue weighted by molar-refractivity contribution is 5.54. The first-order valence-electron chi connectivity index (χ1n) is 6.08. The molecule has 1 aromatic rings. The fraction of sp³-hybridized carbons (Fsp3) is 0.538. The normalized spacial score (nSPS) is 12.5. The molecule has 0 aliphatic rings. The van der Waals surface area contributed by atoms with Crippen molar-refractivity contribution in [3.05, 3.63) is 33.9 Å². The number of nitrogens with zero attached hydrogens (tertiary/aromatic N) is 1. The zero-order chi connectivity index (χ0) is 13.7. The molecule has 0 amide bonds. The van der Waals surface area contributed by atoms with Crippen LogP contribution in [0.1, 0.15) is 25.8 Å². The van der Waals surface area contributed by atoms with E-state index in [0.717, 1.165) is 5.69 Å². The lowest BCUT2D eigenvalue weighted by Crippen LogP contribution is -2.26. The Morgan fingerprint density at radius 2 is 2.11 bits per heavy atom. The average molecular weight is 252 g/mol. The second-order valence-electron chi connectivity index (χ2n) is 4.77. The highest BCUT2D eigenvalue weighted by Crippen LogP contribution is 2.23. The van der Waals surface area contributed by atoms with E-state index in [9.17, 15) is 10.1 Å². The second kappa shape index (κ2) is 6.35. The van der Waals surface area contributed by atoms with Crippen LogP contribution in [-0.4, -0.2) is 22.7 Å². The molecule has 0 radical (unpaired) electrons. The summed E-state index contributed by atoms with van der Waals surface area (Å²) in [7, 11) is 0. The second-order valence-corrected chi connectivity index (χ2v) is 4.77. The molecule has 100 valence electrons. The van der Waals surface area contributed by atoms with Crippen molar-refractivity contribution in [3.8, 4) is 0 Å². The Bertz CT molecular complexity index is 419. The SMILES string of the molecule is Cc1cc(NC(CCO)C(C)C)ccc1[N+](=O)[O-]. The van der Waals surface area contributed by atoms with Crippen LogP contribution in [0.15, 0.2) is 18.2 Å². The maximum absolute atomic E-state index is 10.7. The van der Waals surface area contributed by atoms with Gasteiger partial charge >= 0.3 is 0 Å². The van der Waals surface area contributed by atoms with Crippen LogP contribution in [0.5, 0.6) is 0 Å². The molecule has 0 spiro atoms. The summed E-state index contributed by atoms with van der Waals surface area (Å²) >= 11 is 0. The number of nitro groups is 1. The van der Waals surface area contributed by atoms with Crippen molar-refractivity contribution in [2.75, 3.05) is 11.9 Å². The van der Waals surface area contributed by atoms with Crippen molar-refractivity contribution in [1.82, 2.24) is 0 Å². The van der Waals surface area contributed by atoms with Crippen LogP contribution >= 0.6 is 0 Å². The summed E-state index contributed by atoms with van der Waals surface area (Å²) in [6.07, 6.45) is 0.660. The lowest BCUT2D eigenvalue weighted by molar-refractivity contribution is -0.385. The number of aliphatic hydroxyl groups excluding tert-OH is 1. The molecule has 0 heterocycles. The van der Waals surface area contributed by atoms with E-state index in [1.54, 1.807) is 19.1 Å². The maximum atomic E-state index is 10.7. The Labute approximate surface area is 107 Å². The van der Waals surface area contributed by atoms with Gasteiger partial charge in [0, 0.05) is 30.0 Å². The lowest BCUT2D eigenvalue weighted by atomic mass is 10.0. The summed E-state index contributed by atoms with van der Waals surface area (Å²) in [5.74, 6) is 0.382. The molecule has 2 N–H and O–H groups in total. The fourth-order valence-electron chi connectivity index (χ4n) is 1.88. The molecule has 18 heavy (non-hydrogen) atoms. The summed E-state index contributed by atoms with van der Waals surface area (Å²) in [5, 5.41) is 23.0. The first-order chi connectivity index (χ1) is 8.45. The Morgan fingerprint density at radius 1 is 1.44 bits per heavy atom.